The zero-order chi connectivity index (χ0) is 21.6. The Labute approximate surface area is 170 Å². The number of nitrogens with one attached hydrogen (secondary N) is 3. The molecule has 2 rings (SSSR count). The molecule has 1 saturated heterocycles. The van der Waals surface area contributed by atoms with Crippen molar-refractivity contribution in [2.24, 2.45) is 0 Å². The monoisotopic (exact) mass is 404 g/mol. The average Bonchev–Trinajstić information content (AvgIpc) is 2.90. The van der Waals surface area contributed by atoms with Crippen molar-refractivity contribution in [2.45, 2.75) is 45.2 Å². The lowest BCUT2D eigenvalue weighted by Gasteiger charge is -2.22. The zero-order valence-electron chi connectivity index (χ0n) is 17.2. The fourth-order valence-corrected chi connectivity index (χ4v) is 3.07. The summed E-state index contributed by atoms with van der Waals surface area (Å²) in [5, 5.41) is 7.76. The van der Waals surface area contributed by atoms with Gasteiger partial charge in [-0.05, 0) is 51.3 Å². The Bertz CT molecular complexity index is 780. The Morgan fingerprint density at radius 3 is 2.48 bits per heavy atom. The second-order valence-electron chi connectivity index (χ2n) is 7.19. The highest BCUT2D eigenvalue weighted by molar-refractivity contribution is 6.09. The first-order valence-electron chi connectivity index (χ1n) is 9.54. The fraction of sp³-hybridized carbons (Fsp3) is 0.500. The summed E-state index contributed by atoms with van der Waals surface area (Å²) in [5.41, 5.74) is -0.0938. The molecule has 5 amide bonds. The van der Waals surface area contributed by atoms with Crippen LogP contribution in [0.3, 0.4) is 0 Å². The molecule has 29 heavy (non-hydrogen) atoms. The summed E-state index contributed by atoms with van der Waals surface area (Å²) >= 11 is 0. The highest BCUT2D eigenvalue weighted by Crippen LogP contribution is 2.24. The van der Waals surface area contributed by atoms with Crippen molar-refractivity contribution in [2.75, 3.05) is 20.2 Å². The van der Waals surface area contributed by atoms with Crippen LogP contribution in [0.25, 0.3) is 0 Å². The molecule has 1 heterocycles. The van der Waals surface area contributed by atoms with Gasteiger partial charge in [0.1, 0.15) is 23.9 Å². The van der Waals surface area contributed by atoms with E-state index < -0.39 is 36.0 Å². The Kier molecular flexibility index (Phi) is 7.19. The maximum absolute atomic E-state index is 12.8. The topological polar surface area (TPSA) is 117 Å². The van der Waals surface area contributed by atoms with Crippen LogP contribution in [0.2, 0.25) is 0 Å². The highest BCUT2D eigenvalue weighted by atomic mass is 16.5. The van der Waals surface area contributed by atoms with Crippen LogP contribution in [-0.2, 0) is 20.8 Å². The Morgan fingerprint density at radius 2 is 1.90 bits per heavy atom. The van der Waals surface area contributed by atoms with Gasteiger partial charge in [-0.25, -0.2) is 4.79 Å². The standard InChI is InChI=1S/C20H28N4O5/c1-5-21-17(26)13(2)22-16(25)12-24-18(27)20(3,23-19(24)28)11-10-14-6-8-15(29-4)9-7-14/h6-9,13H,5,10-12H2,1-4H3,(H,21,26)(H,22,25)(H,23,28)/t13-,20+/m1/s1. The van der Waals surface area contributed by atoms with Gasteiger partial charge in [-0.15, -0.1) is 0 Å². The van der Waals surface area contributed by atoms with E-state index in [0.29, 0.717) is 19.4 Å². The number of urea groups is 1. The second-order valence-corrected chi connectivity index (χ2v) is 7.19. The molecule has 1 aliphatic rings. The van der Waals surface area contributed by atoms with E-state index in [9.17, 15) is 19.2 Å². The number of hydrogen-bond acceptors (Lipinski definition) is 5. The molecular formula is C20H28N4O5. The van der Waals surface area contributed by atoms with Crippen LogP contribution in [0.15, 0.2) is 24.3 Å². The van der Waals surface area contributed by atoms with Gasteiger partial charge in [-0.1, -0.05) is 12.1 Å². The van der Waals surface area contributed by atoms with E-state index in [1.54, 1.807) is 21.0 Å². The second kappa shape index (κ2) is 9.40. The highest BCUT2D eigenvalue weighted by Gasteiger charge is 2.47. The maximum atomic E-state index is 12.8. The minimum Gasteiger partial charge on any atom is -0.497 e. The molecule has 0 aromatic heterocycles. The number of carbonyl (C=O) groups is 4. The number of rotatable bonds is 9. The fourth-order valence-electron chi connectivity index (χ4n) is 3.07. The quantitative estimate of drug-likeness (QED) is 0.521. The molecule has 9 nitrogen and oxygen atoms in total. The summed E-state index contributed by atoms with van der Waals surface area (Å²) < 4.78 is 5.12. The van der Waals surface area contributed by atoms with Gasteiger partial charge in [0.15, 0.2) is 0 Å². The van der Waals surface area contributed by atoms with Gasteiger partial charge in [0.2, 0.25) is 11.8 Å². The summed E-state index contributed by atoms with van der Waals surface area (Å²) in [7, 11) is 1.59. The Balaban J connectivity index is 1.94. The summed E-state index contributed by atoms with van der Waals surface area (Å²) in [6.07, 6.45) is 0.956. The van der Waals surface area contributed by atoms with Crippen LogP contribution in [0.5, 0.6) is 5.75 Å². The van der Waals surface area contributed by atoms with Crippen LogP contribution in [0.1, 0.15) is 32.8 Å². The largest absolute Gasteiger partial charge is 0.497 e. The number of imide groups is 1. The van der Waals surface area contributed by atoms with Gasteiger partial charge >= 0.3 is 6.03 Å². The SMILES string of the molecule is CCNC(=O)[C@@H](C)NC(=O)CN1C(=O)N[C@@](C)(CCc2ccc(OC)cc2)C1=O. The first-order valence-corrected chi connectivity index (χ1v) is 9.54. The third kappa shape index (κ3) is 5.46. The molecule has 1 fully saturated rings. The van der Waals surface area contributed by atoms with Crippen LogP contribution in [0.4, 0.5) is 4.79 Å². The maximum Gasteiger partial charge on any atom is 0.325 e. The third-order valence-electron chi connectivity index (χ3n) is 4.84. The van der Waals surface area contributed by atoms with E-state index in [1.165, 1.54) is 6.92 Å². The number of amides is 5. The number of carbonyl (C=O) groups excluding carboxylic acids is 4. The van der Waals surface area contributed by atoms with E-state index >= 15 is 0 Å². The first-order chi connectivity index (χ1) is 13.7. The Morgan fingerprint density at radius 1 is 1.24 bits per heavy atom. The van der Waals surface area contributed by atoms with E-state index in [-0.39, 0.29) is 5.91 Å². The van der Waals surface area contributed by atoms with Crippen LogP contribution in [0, 0.1) is 0 Å². The Hall–Kier alpha value is -3.10. The van der Waals surface area contributed by atoms with Gasteiger partial charge in [0.25, 0.3) is 5.91 Å². The number of likely N-dealkylation sites (N-methyl/N-ethyl adjacent to an activating group) is 1. The lowest BCUT2D eigenvalue weighted by Crippen LogP contribution is -2.49. The van der Waals surface area contributed by atoms with Crippen LogP contribution < -0.4 is 20.7 Å². The number of ether oxygens (including phenoxy) is 1. The molecule has 0 radical (unpaired) electrons. The molecule has 9 heteroatoms. The molecule has 158 valence electrons. The van der Waals surface area contributed by atoms with E-state index in [4.69, 9.17) is 4.74 Å². The minimum absolute atomic E-state index is 0.331. The van der Waals surface area contributed by atoms with Gasteiger partial charge in [0, 0.05) is 6.54 Å². The number of nitrogens with zero attached hydrogens (tertiary/aromatic N) is 1. The lowest BCUT2D eigenvalue weighted by atomic mass is 9.93. The molecule has 0 bridgehead atoms. The smallest absolute Gasteiger partial charge is 0.325 e. The molecule has 2 atom stereocenters. The van der Waals surface area contributed by atoms with Crippen molar-refractivity contribution in [3.05, 3.63) is 29.8 Å². The predicted molar refractivity (Wildman–Crippen MR) is 106 cm³/mol. The number of methoxy groups -OCH3 is 1. The molecule has 1 aliphatic heterocycles. The summed E-state index contributed by atoms with van der Waals surface area (Å²) in [6, 6.07) is 6.09. The van der Waals surface area contributed by atoms with Gasteiger partial charge < -0.3 is 20.7 Å². The van der Waals surface area contributed by atoms with Crippen molar-refractivity contribution in [1.29, 1.82) is 0 Å². The predicted octanol–water partition coefficient (Wildman–Crippen LogP) is 0.579. The number of aryl methyl sites for hydroxylation is 1. The van der Waals surface area contributed by atoms with Crippen molar-refractivity contribution in [3.8, 4) is 5.75 Å². The van der Waals surface area contributed by atoms with Crippen LogP contribution in [-0.4, -0.2) is 60.4 Å². The average molecular weight is 404 g/mol. The first kappa shape index (κ1) is 22.2. The van der Waals surface area contributed by atoms with Crippen LogP contribution >= 0.6 is 0 Å². The van der Waals surface area contributed by atoms with Crippen molar-refractivity contribution in [3.63, 3.8) is 0 Å². The summed E-state index contributed by atoms with van der Waals surface area (Å²) in [6.45, 7) is 4.96. The molecule has 3 N–H and O–H groups in total. The van der Waals surface area contributed by atoms with Gasteiger partial charge in [-0.3, -0.25) is 19.3 Å². The lowest BCUT2D eigenvalue weighted by molar-refractivity contribution is -0.135. The summed E-state index contributed by atoms with van der Waals surface area (Å²) in [5.74, 6) is -0.630. The summed E-state index contributed by atoms with van der Waals surface area (Å²) in [4.78, 5) is 49.8. The molecule has 0 spiro atoms. The van der Waals surface area contributed by atoms with Crippen molar-refractivity contribution in [1.82, 2.24) is 20.9 Å². The van der Waals surface area contributed by atoms with Gasteiger partial charge in [-0.2, -0.15) is 0 Å². The molecule has 0 saturated carbocycles. The number of benzene rings is 1. The van der Waals surface area contributed by atoms with Gasteiger partial charge in [0.05, 0.1) is 7.11 Å². The minimum atomic E-state index is -1.09. The number of hydrogen-bond donors (Lipinski definition) is 3. The van der Waals surface area contributed by atoms with Crippen molar-refractivity contribution >= 4 is 23.8 Å². The zero-order valence-corrected chi connectivity index (χ0v) is 17.2. The normalized spacial score (nSPS) is 19.5. The molecular weight excluding hydrogens is 376 g/mol. The van der Waals surface area contributed by atoms with E-state index in [1.807, 2.05) is 24.3 Å². The molecule has 1 aromatic rings. The third-order valence-corrected chi connectivity index (χ3v) is 4.84. The van der Waals surface area contributed by atoms with Crippen molar-refractivity contribution < 1.29 is 23.9 Å². The molecule has 0 unspecified atom stereocenters. The van der Waals surface area contributed by atoms with E-state index in [2.05, 4.69) is 16.0 Å². The molecule has 1 aromatic carbocycles. The van der Waals surface area contributed by atoms with E-state index in [0.717, 1.165) is 16.2 Å². The molecule has 0 aliphatic carbocycles.